The molecule has 0 radical (unpaired) electrons. The first kappa shape index (κ1) is 13.0. The van der Waals surface area contributed by atoms with Gasteiger partial charge in [-0.1, -0.05) is 29.8 Å². The van der Waals surface area contributed by atoms with Crippen LogP contribution in [0.4, 0.5) is 5.69 Å². The molecule has 1 aromatic rings. The summed E-state index contributed by atoms with van der Waals surface area (Å²) in [5, 5.41) is 16.6. The molecule has 1 heterocycles. The number of aliphatic hydroxyl groups excluding tert-OH is 1. The summed E-state index contributed by atoms with van der Waals surface area (Å²) in [7, 11) is 0. The second kappa shape index (κ2) is 5.55. The second-order valence-electron chi connectivity index (χ2n) is 5.37. The molecule has 0 saturated carbocycles. The van der Waals surface area contributed by atoms with Gasteiger partial charge in [0.05, 0.1) is 11.8 Å². The summed E-state index contributed by atoms with van der Waals surface area (Å²) in [5.41, 5.74) is 4.85. The zero-order valence-corrected chi connectivity index (χ0v) is 11.7. The highest BCUT2D eigenvalue weighted by atomic mass is 16.3. The first-order chi connectivity index (χ1) is 9.72. The molecule has 0 fully saturated rings. The van der Waals surface area contributed by atoms with Crippen LogP contribution in [0.3, 0.4) is 0 Å². The summed E-state index contributed by atoms with van der Waals surface area (Å²) < 4.78 is 0. The van der Waals surface area contributed by atoms with E-state index in [1.165, 1.54) is 11.1 Å². The van der Waals surface area contributed by atoms with Crippen LogP contribution in [-0.2, 0) is 0 Å². The Hall–Kier alpha value is -2.00. The van der Waals surface area contributed by atoms with Crippen molar-refractivity contribution in [3.8, 4) is 0 Å². The van der Waals surface area contributed by atoms with Crippen LogP contribution in [0.2, 0.25) is 0 Å². The standard InChI is InChI=1S/C17H20N2O/c1-12-2-4-14(5-3-12)19-11-17-16-7-6-15(20)10-13(16)8-9-18-17/h2-5,7-8,10,17-20H,6,9,11H2,1H3. The fraction of sp³-hybridized carbons (Fsp3) is 0.294. The van der Waals surface area contributed by atoms with Crippen molar-refractivity contribution in [2.24, 2.45) is 0 Å². The smallest absolute Gasteiger partial charge is 0.0966 e. The van der Waals surface area contributed by atoms with Crippen LogP contribution in [0, 0.1) is 6.92 Å². The Morgan fingerprint density at radius 2 is 2.05 bits per heavy atom. The predicted octanol–water partition coefficient (Wildman–Crippen LogP) is 3.08. The normalized spacial score (nSPS) is 21.4. The Morgan fingerprint density at radius 1 is 1.25 bits per heavy atom. The van der Waals surface area contributed by atoms with Crippen molar-refractivity contribution in [1.82, 2.24) is 5.32 Å². The summed E-state index contributed by atoms with van der Waals surface area (Å²) in [6, 6.07) is 8.73. The fourth-order valence-corrected chi connectivity index (χ4v) is 2.67. The highest BCUT2D eigenvalue weighted by Gasteiger charge is 2.22. The topological polar surface area (TPSA) is 44.3 Å². The van der Waals surface area contributed by atoms with E-state index < -0.39 is 0 Å². The van der Waals surface area contributed by atoms with Crippen LogP contribution in [-0.4, -0.2) is 24.2 Å². The van der Waals surface area contributed by atoms with E-state index in [1.807, 2.05) is 6.08 Å². The number of hydrogen-bond acceptors (Lipinski definition) is 3. The molecule has 20 heavy (non-hydrogen) atoms. The monoisotopic (exact) mass is 268 g/mol. The van der Waals surface area contributed by atoms with Gasteiger partial charge in [-0.25, -0.2) is 0 Å². The number of aliphatic hydroxyl groups is 1. The third-order valence-electron chi connectivity index (χ3n) is 3.81. The van der Waals surface area contributed by atoms with E-state index in [0.29, 0.717) is 18.2 Å². The summed E-state index contributed by atoms with van der Waals surface area (Å²) in [5.74, 6) is 0.451. The van der Waals surface area contributed by atoms with Crippen LogP contribution in [0.15, 0.2) is 59.4 Å². The largest absolute Gasteiger partial charge is 0.512 e. The van der Waals surface area contributed by atoms with Crippen molar-refractivity contribution in [3.05, 3.63) is 65.0 Å². The average molecular weight is 268 g/mol. The lowest BCUT2D eigenvalue weighted by atomic mass is 9.89. The number of rotatable bonds is 3. The van der Waals surface area contributed by atoms with Gasteiger partial charge in [-0.15, -0.1) is 0 Å². The third kappa shape index (κ3) is 2.78. The van der Waals surface area contributed by atoms with E-state index in [9.17, 15) is 5.11 Å². The van der Waals surface area contributed by atoms with Gasteiger partial charge < -0.3 is 15.7 Å². The molecule has 0 amide bonds. The molecule has 1 aromatic carbocycles. The van der Waals surface area contributed by atoms with Crippen molar-refractivity contribution in [1.29, 1.82) is 0 Å². The van der Waals surface area contributed by atoms with Crippen molar-refractivity contribution >= 4 is 5.69 Å². The van der Waals surface area contributed by atoms with Gasteiger partial charge in [0, 0.05) is 25.2 Å². The number of hydrogen-bond donors (Lipinski definition) is 3. The number of allylic oxidation sites excluding steroid dienone is 2. The van der Waals surface area contributed by atoms with Gasteiger partial charge in [0.15, 0.2) is 0 Å². The van der Waals surface area contributed by atoms with Crippen molar-refractivity contribution in [2.75, 3.05) is 18.4 Å². The zero-order valence-electron chi connectivity index (χ0n) is 11.7. The van der Waals surface area contributed by atoms with E-state index in [2.05, 4.69) is 54.0 Å². The lowest BCUT2D eigenvalue weighted by Crippen LogP contribution is -2.40. The summed E-state index contributed by atoms with van der Waals surface area (Å²) >= 11 is 0. The van der Waals surface area contributed by atoms with Gasteiger partial charge in [-0.2, -0.15) is 0 Å². The summed E-state index contributed by atoms with van der Waals surface area (Å²) in [6.45, 7) is 3.78. The first-order valence-corrected chi connectivity index (χ1v) is 7.06. The molecule has 1 aliphatic heterocycles. The van der Waals surface area contributed by atoms with E-state index in [4.69, 9.17) is 0 Å². The van der Waals surface area contributed by atoms with E-state index >= 15 is 0 Å². The van der Waals surface area contributed by atoms with Crippen LogP contribution in [0.5, 0.6) is 0 Å². The van der Waals surface area contributed by atoms with Gasteiger partial charge >= 0.3 is 0 Å². The maximum absolute atomic E-state index is 9.61. The Morgan fingerprint density at radius 3 is 2.85 bits per heavy atom. The van der Waals surface area contributed by atoms with Crippen molar-refractivity contribution < 1.29 is 5.11 Å². The van der Waals surface area contributed by atoms with Gasteiger partial charge in [-0.05, 0) is 36.3 Å². The minimum Gasteiger partial charge on any atom is -0.512 e. The second-order valence-corrected chi connectivity index (χ2v) is 5.37. The minimum atomic E-state index is 0.292. The molecular weight excluding hydrogens is 248 g/mol. The Bertz CT molecular complexity index is 582. The molecule has 1 unspecified atom stereocenters. The van der Waals surface area contributed by atoms with Crippen LogP contribution >= 0.6 is 0 Å². The van der Waals surface area contributed by atoms with Gasteiger partial charge in [0.1, 0.15) is 0 Å². The molecular formula is C17H20N2O. The van der Waals surface area contributed by atoms with Crippen LogP contribution in [0.25, 0.3) is 0 Å². The number of anilines is 1. The maximum atomic E-state index is 9.61. The van der Waals surface area contributed by atoms with Crippen molar-refractivity contribution in [2.45, 2.75) is 19.4 Å². The van der Waals surface area contributed by atoms with Gasteiger partial charge in [0.2, 0.25) is 0 Å². The van der Waals surface area contributed by atoms with Gasteiger partial charge in [-0.3, -0.25) is 0 Å². The highest BCUT2D eigenvalue weighted by molar-refractivity contribution is 5.51. The lowest BCUT2D eigenvalue weighted by Gasteiger charge is -2.29. The maximum Gasteiger partial charge on any atom is 0.0966 e. The van der Waals surface area contributed by atoms with E-state index in [0.717, 1.165) is 24.4 Å². The average Bonchev–Trinajstić information content (AvgIpc) is 2.46. The van der Waals surface area contributed by atoms with Crippen molar-refractivity contribution in [3.63, 3.8) is 0 Å². The van der Waals surface area contributed by atoms with Crippen LogP contribution in [0.1, 0.15) is 12.0 Å². The minimum absolute atomic E-state index is 0.292. The molecule has 3 nitrogen and oxygen atoms in total. The first-order valence-electron chi connectivity index (χ1n) is 7.06. The molecule has 3 heteroatoms. The fourth-order valence-electron chi connectivity index (χ4n) is 2.67. The summed E-state index contributed by atoms with van der Waals surface area (Å²) in [4.78, 5) is 0. The molecule has 3 rings (SSSR count). The zero-order chi connectivity index (χ0) is 13.9. The van der Waals surface area contributed by atoms with Gasteiger partial charge in [0.25, 0.3) is 0 Å². The molecule has 1 atom stereocenters. The predicted molar refractivity (Wildman–Crippen MR) is 83.0 cm³/mol. The third-order valence-corrected chi connectivity index (χ3v) is 3.81. The number of aryl methyl sites for hydroxylation is 1. The van der Waals surface area contributed by atoms with E-state index in [1.54, 1.807) is 0 Å². The molecule has 104 valence electrons. The molecule has 0 bridgehead atoms. The molecule has 0 aromatic heterocycles. The molecule has 0 saturated heterocycles. The summed E-state index contributed by atoms with van der Waals surface area (Å²) in [6.07, 6.45) is 6.77. The molecule has 1 aliphatic carbocycles. The number of benzene rings is 1. The number of fused-ring (bicyclic) bond motifs is 1. The SMILES string of the molecule is Cc1ccc(NCC2NCC=C3C=C(O)CC=C32)cc1. The number of nitrogens with one attached hydrogen (secondary N) is 2. The Kier molecular flexibility index (Phi) is 3.61. The quantitative estimate of drug-likeness (QED) is 0.789. The highest BCUT2D eigenvalue weighted by Crippen LogP contribution is 2.26. The molecule has 3 N–H and O–H groups in total. The molecule has 0 spiro atoms. The van der Waals surface area contributed by atoms with Crippen LogP contribution < -0.4 is 10.6 Å². The lowest BCUT2D eigenvalue weighted by molar-refractivity contribution is 0.398. The Labute approximate surface area is 119 Å². The Balaban J connectivity index is 1.67. The molecule has 2 aliphatic rings. The van der Waals surface area contributed by atoms with E-state index in [-0.39, 0.29) is 0 Å².